The fourth-order valence-electron chi connectivity index (χ4n) is 4.75. The van der Waals surface area contributed by atoms with Crippen molar-refractivity contribution in [2.45, 2.75) is 30.4 Å². The van der Waals surface area contributed by atoms with E-state index in [1.165, 1.54) is 11.1 Å². The molecule has 6 heteroatoms. The summed E-state index contributed by atoms with van der Waals surface area (Å²) in [4.78, 5) is 15.1. The Balaban J connectivity index is 1.50. The van der Waals surface area contributed by atoms with Crippen LogP contribution in [0.25, 0.3) is 0 Å². The highest BCUT2D eigenvalue weighted by molar-refractivity contribution is 5.48. The standard InChI is InChI=1S/C20H21N5O/c26-19-18(25-12-9-22-14-25)15-3-1-2-4-16(15)20(19)5-10-24(11-6-20)17-13-21-7-8-23-17/h1-4,7-9,12-14,18-19,26H,5-6,10-11H2/t18-,19+/m1/s1. The lowest BCUT2D eigenvalue weighted by atomic mass is 9.72. The van der Waals surface area contributed by atoms with Crippen molar-refractivity contribution in [3.05, 3.63) is 72.7 Å². The van der Waals surface area contributed by atoms with Gasteiger partial charge in [0, 0.05) is 43.3 Å². The largest absolute Gasteiger partial charge is 0.390 e. The Morgan fingerprint density at radius 1 is 1.04 bits per heavy atom. The Kier molecular flexibility index (Phi) is 3.53. The van der Waals surface area contributed by atoms with Gasteiger partial charge >= 0.3 is 0 Å². The predicted octanol–water partition coefficient (Wildman–Crippen LogP) is 2.18. The number of hydrogen-bond acceptors (Lipinski definition) is 5. The minimum atomic E-state index is -0.460. The molecule has 2 aliphatic rings. The number of aromatic nitrogens is 4. The van der Waals surface area contributed by atoms with Crippen molar-refractivity contribution in [2.75, 3.05) is 18.0 Å². The molecule has 0 radical (unpaired) electrons. The molecule has 3 aromatic rings. The molecule has 6 nitrogen and oxygen atoms in total. The fourth-order valence-corrected chi connectivity index (χ4v) is 4.75. The third-order valence-electron chi connectivity index (χ3n) is 6.06. The maximum Gasteiger partial charge on any atom is 0.147 e. The molecule has 1 saturated heterocycles. The average Bonchev–Trinajstić information content (AvgIpc) is 3.30. The monoisotopic (exact) mass is 347 g/mol. The topological polar surface area (TPSA) is 67.1 Å². The summed E-state index contributed by atoms with van der Waals surface area (Å²) in [6.07, 6.45) is 12.1. The molecule has 1 fully saturated rings. The molecule has 1 aliphatic carbocycles. The van der Waals surface area contributed by atoms with Gasteiger partial charge in [-0.15, -0.1) is 0 Å². The van der Waals surface area contributed by atoms with Gasteiger partial charge in [-0.2, -0.15) is 0 Å². The molecular formula is C20H21N5O. The SMILES string of the molecule is O[C@H]1[C@H](n2ccnc2)c2ccccc2C12CCN(c1cnccn1)CC2. The number of piperidine rings is 1. The molecule has 0 bridgehead atoms. The van der Waals surface area contributed by atoms with E-state index >= 15 is 0 Å². The molecule has 2 atom stereocenters. The number of aliphatic hydroxyl groups is 1. The third kappa shape index (κ3) is 2.18. The summed E-state index contributed by atoms with van der Waals surface area (Å²) in [6, 6.07) is 8.40. The molecular weight excluding hydrogens is 326 g/mol. The van der Waals surface area contributed by atoms with Crippen LogP contribution < -0.4 is 4.90 Å². The Morgan fingerprint density at radius 2 is 1.88 bits per heavy atom. The van der Waals surface area contributed by atoms with Crippen LogP contribution in [-0.4, -0.2) is 43.8 Å². The molecule has 1 spiro atoms. The van der Waals surface area contributed by atoms with Crippen molar-refractivity contribution in [2.24, 2.45) is 0 Å². The van der Waals surface area contributed by atoms with Gasteiger partial charge < -0.3 is 14.6 Å². The first-order chi connectivity index (χ1) is 12.8. The molecule has 0 amide bonds. The van der Waals surface area contributed by atoms with E-state index in [9.17, 15) is 5.11 Å². The quantitative estimate of drug-likeness (QED) is 0.770. The number of fused-ring (bicyclic) bond motifs is 2. The maximum atomic E-state index is 11.4. The van der Waals surface area contributed by atoms with Crippen molar-refractivity contribution >= 4 is 5.82 Å². The van der Waals surface area contributed by atoms with E-state index in [1.807, 2.05) is 17.0 Å². The number of rotatable bonds is 2. The Labute approximate surface area is 152 Å². The Bertz CT molecular complexity index is 888. The smallest absolute Gasteiger partial charge is 0.147 e. The number of aliphatic hydroxyl groups excluding tert-OH is 1. The maximum absolute atomic E-state index is 11.4. The van der Waals surface area contributed by atoms with Crippen LogP contribution in [0.5, 0.6) is 0 Å². The summed E-state index contributed by atoms with van der Waals surface area (Å²) in [5.41, 5.74) is 2.28. The summed E-state index contributed by atoms with van der Waals surface area (Å²) >= 11 is 0. The van der Waals surface area contributed by atoms with E-state index in [4.69, 9.17) is 0 Å². The second-order valence-corrected chi connectivity index (χ2v) is 7.19. The molecule has 132 valence electrons. The number of anilines is 1. The summed E-state index contributed by atoms with van der Waals surface area (Å²) < 4.78 is 2.04. The molecule has 5 rings (SSSR count). The van der Waals surface area contributed by atoms with Gasteiger partial charge in [0.2, 0.25) is 0 Å². The molecule has 1 aliphatic heterocycles. The highest BCUT2D eigenvalue weighted by atomic mass is 16.3. The zero-order valence-electron chi connectivity index (χ0n) is 14.4. The molecule has 3 heterocycles. The van der Waals surface area contributed by atoms with Crippen LogP contribution in [0.15, 0.2) is 61.6 Å². The van der Waals surface area contributed by atoms with Crippen LogP contribution in [-0.2, 0) is 5.41 Å². The molecule has 1 N–H and O–H groups in total. The van der Waals surface area contributed by atoms with Gasteiger partial charge in [0.1, 0.15) is 5.82 Å². The van der Waals surface area contributed by atoms with E-state index < -0.39 is 6.10 Å². The summed E-state index contributed by atoms with van der Waals surface area (Å²) in [5, 5.41) is 11.4. The summed E-state index contributed by atoms with van der Waals surface area (Å²) in [7, 11) is 0. The van der Waals surface area contributed by atoms with E-state index in [0.717, 1.165) is 31.7 Å². The molecule has 0 saturated carbocycles. The molecule has 1 aromatic carbocycles. The first-order valence-electron chi connectivity index (χ1n) is 9.05. The number of imidazole rings is 1. The average molecular weight is 347 g/mol. The number of nitrogens with zero attached hydrogens (tertiary/aromatic N) is 5. The number of benzene rings is 1. The zero-order valence-corrected chi connectivity index (χ0v) is 14.4. The van der Waals surface area contributed by atoms with Crippen molar-refractivity contribution in [3.8, 4) is 0 Å². The van der Waals surface area contributed by atoms with E-state index in [0.29, 0.717) is 0 Å². The molecule has 0 unspecified atom stereocenters. The van der Waals surface area contributed by atoms with Crippen molar-refractivity contribution in [1.29, 1.82) is 0 Å². The van der Waals surface area contributed by atoms with E-state index in [-0.39, 0.29) is 11.5 Å². The van der Waals surface area contributed by atoms with Crippen LogP contribution in [0.3, 0.4) is 0 Å². The lowest BCUT2D eigenvalue weighted by Crippen LogP contribution is -2.48. The normalized spacial score (nSPS) is 24.0. The first-order valence-corrected chi connectivity index (χ1v) is 9.05. The highest BCUT2D eigenvalue weighted by Crippen LogP contribution is 2.52. The molecule has 2 aromatic heterocycles. The van der Waals surface area contributed by atoms with E-state index in [2.05, 4.69) is 44.1 Å². The third-order valence-corrected chi connectivity index (χ3v) is 6.06. The van der Waals surface area contributed by atoms with Gasteiger partial charge in [-0.3, -0.25) is 4.98 Å². The second-order valence-electron chi connectivity index (χ2n) is 7.19. The van der Waals surface area contributed by atoms with Crippen LogP contribution >= 0.6 is 0 Å². The second kappa shape index (κ2) is 5.92. The van der Waals surface area contributed by atoms with Crippen LogP contribution in [0.4, 0.5) is 5.82 Å². The van der Waals surface area contributed by atoms with Crippen LogP contribution in [0, 0.1) is 0 Å². The summed E-state index contributed by atoms with van der Waals surface area (Å²) in [5.74, 6) is 0.911. The highest BCUT2D eigenvalue weighted by Gasteiger charge is 2.53. The van der Waals surface area contributed by atoms with Gasteiger partial charge in [-0.1, -0.05) is 24.3 Å². The van der Waals surface area contributed by atoms with Gasteiger partial charge in [0.05, 0.1) is 24.7 Å². The zero-order chi connectivity index (χ0) is 17.6. The lowest BCUT2D eigenvalue weighted by molar-refractivity contribution is 0.0492. The number of hydrogen-bond donors (Lipinski definition) is 1. The van der Waals surface area contributed by atoms with Crippen LogP contribution in [0.1, 0.15) is 30.0 Å². The predicted molar refractivity (Wildman–Crippen MR) is 98.0 cm³/mol. The van der Waals surface area contributed by atoms with Gasteiger partial charge in [-0.05, 0) is 24.0 Å². The first kappa shape index (κ1) is 15.5. The fraction of sp³-hybridized carbons (Fsp3) is 0.350. The molecule has 26 heavy (non-hydrogen) atoms. The van der Waals surface area contributed by atoms with Gasteiger partial charge in [-0.25, -0.2) is 9.97 Å². The van der Waals surface area contributed by atoms with Gasteiger partial charge in [0.25, 0.3) is 0 Å². The van der Waals surface area contributed by atoms with Crippen molar-refractivity contribution in [3.63, 3.8) is 0 Å². The lowest BCUT2D eigenvalue weighted by Gasteiger charge is -2.43. The van der Waals surface area contributed by atoms with Crippen molar-refractivity contribution < 1.29 is 5.11 Å². The van der Waals surface area contributed by atoms with Gasteiger partial charge in [0.15, 0.2) is 0 Å². The van der Waals surface area contributed by atoms with Crippen LogP contribution in [0.2, 0.25) is 0 Å². The Morgan fingerprint density at radius 3 is 2.62 bits per heavy atom. The Hall–Kier alpha value is -2.73. The summed E-state index contributed by atoms with van der Waals surface area (Å²) in [6.45, 7) is 1.72. The minimum Gasteiger partial charge on any atom is -0.390 e. The van der Waals surface area contributed by atoms with E-state index in [1.54, 1.807) is 24.9 Å². The minimum absolute atomic E-state index is 0.0724. The van der Waals surface area contributed by atoms with Crippen molar-refractivity contribution in [1.82, 2.24) is 19.5 Å².